The van der Waals surface area contributed by atoms with Crippen LogP contribution in [0.15, 0.2) is 54.6 Å². The first kappa shape index (κ1) is 18.5. The van der Waals surface area contributed by atoms with Gasteiger partial charge in [-0.1, -0.05) is 42.5 Å². The van der Waals surface area contributed by atoms with Crippen LogP contribution >= 0.6 is 0 Å². The quantitative estimate of drug-likeness (QED) is 0.691. The van der Waals surface area contributed by atoms with Gasteiger partial charge in [-0.05, 0) is 30.2 Å². The molecule has 1 unspecified atom stereocenters. The van der Waals surface area contributed by atoms with Crippen LogP contribution in [0.3, 0.4) is 0 Å². The molecule has 0 saturated heterocycles. The number of rotatable bonds is 6. The summed E-state index contributed by atoms with van der Waals surface area (Å²) in [6.07, 6.45) is 0. The highest BCUT2D eigenvalue weighted by Crippen LogP contribution is 2.18. The summed E-state index contributed by atoms with van der Waals surface area (Å²) < 4.78 is 5.06. The van der Waals surface area contributed by atoms with Crippen molar-refractivity contribution in [2.45, 2.75) is 19.1 Å². The minimum Gasteiger partial charge on any atom is -0.497 e. The minimum atomic E-state index is -1.26. The third kappa shape index (κ3) is 5.32. The van der Waals surface area contributed by atoms with Gasteiger partial charge in [0.25, 0.3) is 0 Å². The van der Waals surface area contributed by atoms with Gasteiger partial charge in [-0.25, -0.2) is 0 Å². The van der Waals surface area contributed by atoms with E-state index in [1.165, 1.54) is 0 Å². The number of amides is 2. The topological polar surface area (TPSA) is 87.7 Å². The summed E-state index contributed by atoms with van der Waals surface area (Å²) in [6.45, 7) is 1.75. The number of aliphatic hydroxyl groups is 1. The molecule has 3 N–H and O–H groups in total. The largest absolute Gasteiger partial charge is 0.497 e. The number of carbonyl (C=O) groups is 2. The van der Waals surface area contributed by atoms with Crippen molar-refractivity contribution >= 4 is 11.8 Å². The molecule has 2 rings (SSSR count). The average Bonchev–Trinajstić information content (AvgIpc) is 2.65. The molecule has 0 aliphatic carbocycles. The van der Waals surface area contributed by atoms with Crippen LogP contribution in [0.1, 0.15) is 18.1 Å². The smallest absolute Gasteiger partial charge is 0.309 e. The van der Waals surface area contributed by atoms with Crippen molar-refractivity contribution in [3.8, 4) is 5.75 Å². The maximum absolute atomic E-state index is 11.9. The molecular formula is C19H22N2O4. The van der Waals surface area contributed by atoms with Gasteiger partial charge in [0, 0.05) is 6.54 Å². The van der Waals surface area contributed by atoms with Crippen molar-refractivity contribution in [2.75, 3.05) is 13.7 Å². The summed E-state index contributed by atoms with van der Waals surface area (Å²) in [4.78, 5) is 23.8. The lowest BCUT2D eigenvalue weighted by molar-refractivity contribution is -0.139. The normalized spacial score (nSPS) is 12.8. The number of methoxy groups -OCH3 is 1. The zero-order valence-electron chi connectivity index (χ0n) is 14.3. The van der Waals surface area contributed by atoms with Crippen molar-refractivity contribution < 1.29 is 19.4 Å². The Hall–Kier alpha value is -2.86. The molecule has 132 valence electrons. The number of hydrogen-bond acceptors (Lipinski definition) is 4. The molecule has 6 heteroatoms. The predicted octanol–water partition coefficient (Wildman–Crippen LogP) is 1.34. The molecule has 0 saturated carbocycles. The molecule has 0 fully saturated rings. The fourth-order valence-corrected chi connectivity index (χ4v) is 2.24. The predicted molar refractivity (Wildman–Crippen MR) is 93.9 cm³/mol. The fraction of sp³-hybridized carbons (Fsp3) is 0.263. The number of ether oxygens (including phenoxy) is 1. The number of nitrogens with one attached hydrogen (secondary N) is 2. The summed E-state index contributed by atoms with van der Waals surface area (Å²) in [7, 11) is 1.57. The van der Waals surface area contributed by atoms with Gasteiger partial charge >= 0.3 is 11.8 Å². The van der Waals surface area contributed by atoms with Crippen LogP contribution in [0, 0.1) is 0 Å². The van der Waals surface area contributed by atoms with Crippen LogP contribution in [-0.2, 0) is 21.7 Å². The third-order valence-corrected chi connectivity index (χ3v) is 3.81. The number of benzene rings is 2. The van der Waals surface area contributed by atoms with E-state index in [2.05, 4.69) is 10.6 Å². The Morgan fingerprint density at radius 1 is 1.00 bits per heavy atom. The van der Waals surface area contributed by atoms with E-state index in [1.54, 1.807) is 62.6 Å². The van der Waals surface area contributed by atoms with Crippen LogP contribution in [0.4, 0.5) is 0 Å². The van der Waals surface area contributed by atoms with Gasteiger partial charge in [0.05, 0.1) is 13.7 Å². The number of carbonyl (C=O) groups excluding carboxylic acids is 2. The molecule has 0 aliphatic rings. The lowest BCUT2D eigenvalue weighted by Gasteiger charge is -2.24. The molecule has 0 heterocycles. The first-order valence-corrected chi connectivity index (χ1v) is 7.89. The summed E-state index contributed by atoms with van der Waals surface area (Å²) in [6, 6.07) is 16.1. The zero-order valence-corrected chi connectivity index (χ0v) is 14.3. The van der Waals surface area contributed by atoms with Crippen LogP contribution < -0.4 is 15.4 Å². The van der Waals surface area contributed by atoms with E-state index in [4.69, 9.17) is 4.74 Å². The molecule has 6 nitrogen and oxygen atoms in total. The van der Waals surface area contributed by atoms with E-state index in [0.29, 0.717) is 5.56 Å². The van der Waals surface area contributed by atoms with Crippen molar-refractivity contribution in [1.29, 1.82) is 0 Å². The van der Waals surface area contributed by atoms with E-state index in [1.807, 2.05) is 6.07 Å². The molecule has 0 bridgehead atoms. The van der Waals surface area contributed by atoms with Crippen molar-refractivity contribution in [3.05, 3.63) is 65.7 Å². The Labute approximate surface area is 146 Å². The Morgan fingerprint density at radius 2 is 1.60 bits per heavy atom. The second kappa shape index (κ2) is 8.30. The monoisotopic (exact) mass is 342 g/mol. The SMILES string of the molecule is COc1ccc(CNC(=O)C(=O)NCC(C)(O)c2ccccc2)cc1. The van der Waals surface area contributed by atoms with Gasteiger partial charge in [-0.2, -0.15) is 0 Å². The van der Waals surface area contributed by atoms with Gasteiger partial charge in [0.2, 0.25) is 0 Å². The number of hydrogen-bond donors (Lipinski definition) is 3. The van der Waals surface area contributed by atoms with Crippen LogP contribution in [-0.4, -0.2) is 30.6 Å². The van der Waals surface area contributed by atoms with Gasteiger partial charge in [-0.3, -0.25) is 9.59 Å². The summed E-state index contributed by atoms with van der Waals surface area (Å²) in [5.74, 6) is -0.819. The second-order valence-corrected chi connectivity index (χ2v) is 5.85. The summed E-state index contributed by atoms with van der Waals surface area (Å²) in [5, 5.41) is 15.4. The maximum atomic E-state index is 11.9. The molecule has 2 aromatic carbocycles. The van der Waals surface area contributed by atoms with Gasteiger partial charge in [0.15, 0.2) is 0 Å². The molecule has 0 aromatic heterocycles. The molecular weight excluding hydrogens is 320 g/mol. The highest BCUT2D eigenvalue weighted by atomic mass is 16.5. The van der Waals surface area contributed by atoms with E-state index in [0.717, 1.165) is 11.3 Å². The van der Waals surface area contributed by atoms with Gasteiger partial charge in [-0.15, -0.1) is 0 Å². The maximum Gasteiger partial charge on any atom is 0.309 e. The summed E-state index contributed by atoms with van der Waals surface area (Å²) in [5.41, 5.74) is 0.250. The lowest BCUT2D eigenvalue weighted by atomic mass is 9.96. The molecule has 2 aromatic rings. The Bertz CT molecular complexity index is 712. The Morgan fingerprint density at radius 3 is 2.20 bits per heavy atom. The standard InChI is InChI=1S/C19H22N2O4/c1-19(24,15-6-4-3-5-7-15)13-21-18(23)17(22)20-12-14-8-10-16(25-2)11-9-14/h3-11,24H,12-13H2,1-2H3,(H,20,22)(H,21,23). The van der Waals surface area contributed by atoms with E-state index < -0.39 is 17.4 Å². The first-order valence-electron chi connectivity index (χ1n) is 7.89. The van der Waals surface area contributed by atoms with Crippen molar-refractivity contribution in [2.24, 2.45) is 0 Å². The highest BCUT2D eigenvalue weighted by Gasteiger charge is 2.25. The van der Waals surface area contributed by atoms with E-state index in [-0.39, 0.29) is 13.1 Å². The lowest BCUT2D eigenvalue weighted by Crippen LogP contribution is -2.45. The van der Waals surface area contributed by atoms with Crippen LogP contribution in [0.25, 0.3) is 0 Å². The zero-order chi connectivity index (χ0) is 18.3. The molecule has 0 radical (unpaired) electrons. The van der Waals surface area contributed by atoms with Gasteiger partial charge < -0.3 is 20.5 Å². The Balaban J connectivity index is 1.82. The van der Waals surface area contributed by atoms with Crippen LogP contribution in [0.5, 0.6) is 5.75 Å². The second-order valence-electron chi connectivity index (χ2n) is 5.85. The average molecular weight is 342 g/mol. The molecule has 25 heavy (non-hydrogen) atoms. The van der Waals surface area contributed by atoms with E-state index >= 15 is 0 Å². The van der Waals surface area contributed by atoms with Crippen molar-refractivity contribution in [3.63, 3.8) is 0 Å². The van der Waals surface area contributed by atoms with Gasteiger partial charge in [0.1, 0.15) is 11.4 Å². The minimum absolute atomic E-state index is 0.0637. The highest BCUT2D eigenvalue weighted by molar-refractivity contribution is 6.35. The van der Waals surface area contributed by atoms with Crippen molar-refractivity contribution in [1.82, 2.24) is 10.6 Å². The first-order chi connectivity index (χ1) is 11.9. The third-order valence-electron chi connectivity index (χ3n) is 3.81. The Kier molecular flexibility index (Phi) is 6.14. The van der Waals surface area contributed by atoms with Crippen LogP contribution in [0.2, 0.25) is 0 Å². The fourth-order valence-electron chi connectivity index (χ4n) is 2.24. The summed E-state index contributed by atoms with van der Waals surface area (Å²) >= 11 is 0. The molecule has 0 spiro atoms. The molecule has 1 atom stereocenters. The van der Waals surface area contributed by atoms with E-state index in [9.17, 15) is 14.7 Å². The molecule has 2 amide bonds. The molecule has 0 aliphatic heterocycles.